The number of hydrogen-bond acceptors (Lipinski definition) is 6. The van der Waals surface area contributed by atoms with Crippen molar-refractivity contribution in [2.24, 2.45) is 10.9 Å². The van der Waals surface area contributed by atoms with Crippen LogP contribution in [0.2, 0.25) is 0 Å². The van der Waals surface area contributed by atoms with Crippen LogP contribution in [-0.2, 0) is 14.8 Å². The summed E-state index contributed by atoms with van der Waals surface area (Å²) >= 11 is 1.14. The van der Waals surface area contributed by atoms with Crippen LogP contribution in [0.25, 0.3) is 0 Å². The Bertz CT molecular complexity index is 1520. The number of benzene rings is 1. The van der Waals surface area contributed by atoms with Crippen LogP contribution >= 0.6 is 11.3 Å². The minimum atomic E-state index is -3.62. The molecule has 4 aliphatic rings. The van der Waals surface area contributed by atoms with Gasteiger partial charge in [-0.3, -0.25) is 9.59 Å². The summed E-state index contributed by atoms with van der Waals surface area (Å²) in [6, 6.07) is 7.67. The van der Waals surface area contributed by atoms with Crippen molar-refractivity contribution >= 4 is 39.1 Å². The number of sulfonamides is 1. The SMILES string of the molecule is O=C1C=C2C(F)=NC3=C2C(CN1)CC(c1ccc(F)c(C(=O)N2CCN(S(=O)(=O)c4cccs4)CC2)c1)C3. The number of thiophene rings is 1. The van der Waals surface area contributed by atoms with E-state index in [0.29, 0.717) is 25.1 Å². The average Bonchev–Trinajstić information content (AvgIpc) is 3.52. The second-order valence-corrected chi connectivity index (χ2v) is 12.9. The van der Waals surface area contributed by atoms with Crippen molar-refractivity contribution in [3.63, 3.8) is 0 Å². The molecule has 0 radical (unpaired) electrons. The smallest absolute Gasteiger partial charge is 0.256 e. The van der Waals surface area contributed by atoms with Gasteiger partial charge in [-0.25, -0.2) is 17.8 Å². The highest BCUT2D eigenvalue weighted by molar-refractivity contribution is 7.91. The molecule has 2 unspecified atom stereocenters. The quantitative estimate of drug-likeness (QED) is 0.623. The summed E-state index contributed by atoms with van der Waals surface area (Å²) < 4.78 is 56.6. The summed E-state index contributed by atoms with van der Waals surface area (Å²) in [5, 5.41) is 4.49. The summed E-state index contributed by atoms with van der Waals surface area (Å²) in [6.45, 7) is 0.900. The lowest BCUT2D eigenvalue weighted by Gasteiger charge is -2.34. The van der Waals surface area contributed by atoms with Crippen LogP contribution in [0.15, 0.2) is 67.8 Å². The molecule has 8 nitrogen and oxygen atoms in total. The molecule has 2 atom stereocenters. The summed E-state index contributed by atoms with van der Waals surface area (Å²) in [7, 11) is -3.62. The number of allylic oxidation sites excluding steroid dienone is 2. The number of halogens is 2. The number of nitrogens with zero attached hydrogens (tertiary/aromatic N) is 3. The molecular weight excluding hydrogens is 534 g/mol. The molecular formula is C26H24F2N4O4S2. The third-order valence-corrected chi connectivity index (χ3v) is 10.9. The first-order valence-electron chi connectivity index (χ1n) is 12.3. The van der Waals surface area contributed by atoms with Gasteiger partial charge in [0.05, 0.1) is 5.56 Å². The Kier molecular flexibility index (Phi) is 6.28. The van der Waals surface area contributed by atoms with Gasteiger partial charge in [0.2, 0.25) is 11.9 Å². The Morgan fingerprint density at radius 1 is 1.11 bits per heavy atom. The Morgan fingerprint density at radius 3 is 2.63 bits per heavy atom. The maximum Gasteiger partial charge on any atom is 0.256 e. The molecule has 1 aromatic carbocycles. The van der Waals surface area contributed by atoms with E-state index in [1.165, 1.54) is 21.3 Å². The van der Waals surface area contributed by atoms with E-state index in [9.17, 15) is 26.8 Å². The number of carbonyl (C=O) groups is 2. The van der Waals surface area contributed by atoms with Gasteiger partial charge in [0.1, 0.15) is 10.0 Å². The van der Waals surface area contributed by atoms with Crippen molar-refractivity contribution in [2.75, 3.05) is 32.7 Å². The standard InChI is InChI=1S/C26H24F2N4O4S2/c27-20-4-3-15(16-10-17-14-29-22(33)13-19-24(17)21(12-16)30-25(19)28)11-18(20)26(34)31-5-7-32(8-6-31)38(35,36)23-2-1-9-37-23/h1-4,9,11,13,16-17H,5-8,10,12,14H2,(H,29,33). The van der Waals surface area contributed by atoms with Gasteiger partial charge in [-0.05, 0) is 53.5 Å². The fourth-order valence-corrected chi connectivity index (χ4v) is 8.24. The minimum absolute atomic E-state index is 0.0762. The minimum Gasteiger partial charge on any atom is -0.352 e. The maximum absolute atomic E-state index is 14.9. The normalized spacial score (nSPS) is 23.9. The van der Waals surface area contributed by atoms with E-state index < -0.39 is 27.7 Å². The summed E-state index contributed by atoms with van der Waals surface area (Å²) in [4.78, 5) is 30.9. The second-order valence-electron chi connectivity index (χ2n) is 9.77. The molecule has 4 heterocycles. The van der Waals surface area contributed by atoms with E-state index in [1.54, 1.807) is 29.6 Å². The molecule has 1 aliphatic carbocycles. The number of piperazine rings is 1. The molecule has 1 fully saturated rings. The number of amides is 2. The van der Waals surface area contributed by atoms with E-state index in [4.69, 9.17) is 0 Å². The predicted molar refractivity (Wildman–Crippen MR) is 138 cm³/mol. The first-order valence-corrected chi connectivity index (χ1v) is 14.6. The lowest BCUT2D eigenvalue weighted by atomic mass is 9.75. The van der Waals surface area contributed by atoms with Crippen LogP contribution in [0, 0.1) is 11.7 Å². The van der Waals surface area contributed by atoms with Crippen LogP contribution in [0.1, 0.15) is 34.7 Å². The molecule has 3 aliphatic heterocycles. The van der Waals surface area contributed by atoms with Crippen LogP contribution in [0.4, 0.5) is 8.78 Å². The predicted octanol–water partition coefficient (Wildman–Crippen LogP) is 3.22. The van der Waals surface area contributed by atoms with Crippen LogP contribution in [-0.4, -0.2) is 68.1 Å². The van der Waals surface area contributed by atoms with Crippen molar-refractivity contribution in [3.05, 3.63) is 75.6 Å². The third kappa shape index (κ3) is 4.30. The number of aliphatic imine (C=N–C) groups is 1. The van der Waals surface area contributed by atoms with Gasteiger partial charge in [0, 0.05) is 56.0 Å². The number of hydrogen-bond donors (Lipinski definition) is 1. The second kappa shape index (κ2) is 9.51. The van der Waals surface area contributed by atoms with Crippen molar-refractivity contribution < 1.29 is 26.8 Å². The van der Waals surface area contributed by atoms with E-state index in [2.05, 4.69) is 10.3 Å². The molecule has 2 aromatic rings. The fourth-order valence-electron chi connectivity index (χ4n) is 5.68. The average molecular weight is 559 g/mol. The van der Waals surface area contributed by atoms with Gasteiger partial charge in [0.25, 0.3) is 15.9 Å². The number of carbonyl (C=O) groups excluding carboxylic acids is 2. The Balaban J connectivity index is 1.20. The van der Waals surface area contributed by atoms with E-state index in [0.717, 1.165) is 22.5 Å². The lowest BCUT2D eigenvalue weighted by Crippen LogP contribution is -2.50. The molecule has 0 saturated carbocycles. The molecule has 12 heteroatoms. The summed E-state index contributed by atoms with van der Waals surface area (Å²) in [5.74, 6) is -2.44. The van der Waals surface area contributed by atoms with Crippen LogP contribution in [0.3, 0.4) is 0 Å². The number of nitrogens with one attached hydrogen (secondary N) is 1. The molecule has 0 bridgehead atoms. The monoisotopic (exact) mass is 558 g/mol. The van der Waals surface area contributed by atoms with Gasteiger partial charge >= 0.3 is 0 Å². The third-order valence-electron chi connectivity index (χ3n) is 7.58. The maximum atomic E-state index is 14.9. The highest BCUT2D eigenvalue weighted by atomic mass is 32.2. The van der Waals surface area contributed by atoms with E-state index in [-0.39, 0.29) is 59.3 Å². The lowest BCUT2D eigenvalue weighted by molar-refractivity contribution is -0.116. The highest BCUT2D eigenvalue weighted by Gasteiger charge is 2.39. The first kappa shape index (κ1) is 25.1. The molecule has 198 valence electrons. The molecule has 1 N–H and O–H groups in total. The summed E-state index contributed by atoms with van der Waals surface area (Å²) in [6.07, 6.45) is 2.27. The van der Waals surface area contributed by atoms with Crippen LogP contribution < -0.4 is 5.32 Å². The highest BCUT2D eigenvalue weighted by Crippen LogP contribution is 2.47. The topological polar surface area (TPSA) is 99.2 Å². The zero-order valence-corrected chi connectivity index (χ0v) is 21.8. The largest absolute Gasteiger partial charge is 0.352 e. The van der Waals surface area contributed by atoms with Gasteiger partial charge in [0.15, 0.2) is 0 Å². The molecule has 0 spiro atoms. The molecule has 1 aromatic heterocycles. The first-order chi connectivity index (χ1) is 18.2. The molecule has 38 heavy (non-hydrogen) atoms. The Morgan fingerprint density at radius 2 is 1.89 bits per heavy atom. The van der Waals surface area contributed by atoms with Crippen molar-refractivity contribution in [1.82, 2.24) is 14.5 Å². The van der Waals surface area contributed by atoms with Crippen molar-refractivity contribution in [3.8, 4) is 0 Å². The number of rotatable bonds is 4. The van der Waals surface area contributed by atoms with Crippen LogP contribution in [0.5, 0.6) is 0 Å². The Labute approximate surface area is 222 Å². The van der Waals surface area contributed by atoms with E-state index >= 15 is 0 Å². The van der Waals surface area contributed by atoms with Crippen molar-refractivity contribution in [2.45, 2.75) is 23.0 Å². The zero-order chi connectivity index (χ0) is 26.6. The fraction of sp³-hybridized carbons (Fsp3) is 0.346. The van der Waals surface area contributed by atoms with E-state index in [1.807, 2.05) is 0 Å². The molecule has 1 saturated heterocycles. The summed E-state index contributed by atoms with van der Waals surface area (Å²) in [5.41, 5.74) is 2.25. The van der Waals surface area contributed by atoms with Gasteiger partial charge in [-0.15, -0.1) is 11.3 Å². The van der Waals surface area contributed by atoms with Gasteiger partial charge in [-0.2, -0.15) is 8.70 Å². The van der Waals surface area contributed by atoms with Gasteiger partial charge in [-0.1, -0.05) is 12.1 Å². The Hall–Kier alpha value is -3.22. The molecule has 6 rings (SSSR count). The van der Waals surface area contributed by atoms with Crippen molar-refractivity contribution in [1.29, 1.82) is 0 Å². The zero-order valence-electron chi connectivity index (χ0n) is 20.2. The van der Waals surface area contributed by atoms with Gasteiger partial charge < -0.3 is 10.2 Å². The molecule has 2 amide bonds.